The number of nitrogens with two attached hydrogens (primary N) is 1. The minimum Gasteiger partial charge on any atom is -0.497 e. The number of halogens is 1. The number of carbonyl (C=O) groups excluding carboxylic acids is 1. The number of carbonyl (C=O) groups is 1. The van der Waals surface area contributed by atoms with Gasteiger partial charge in [0, 0.05) is 7.05 Å². The minimum atomic E-state index is -4.57. The number of likely N-dealkylation sites (N-methyl/N-ethyl adjacent to an activating group) is 1. The van der Waals surface area contributed by atoms with E-state index < -0.39 is 64.7 Å². The SMILES string of the molecule is C=C(/C(N)=C(\F)N=C(N=C(C)S(=O)(=O)Cc1ccc(OC)cc1)S(=O)(=O)Cc1ccc(OC)cc1)N(C)C(=O)OC(C)(C)C. The van der Waals surface area contributed by atoms with Crippen molar-refractivity contribution in [1.82, 2.24) is 4.90 Å². The lowest BCUT2D eigenvalue weighted by atomic mass is 10.2. The first kappa shape index (κ1) is 36.0. The lowest BCUT2D eigenvalue weighted by molar-refractivity contribution is 0.0357. The molecule has 2 aromatic carbocycles. The second-order valence-corrected chi connectivity index (χ2v) is 14.4. The van der Waals surface area contributed by atoms with Crippen LogP contribution in [0.2, 0.25) is 0 Å². The first-order valence-corrected chi connectivity index (χ1v) is 16.3. The molecule has 0 heterocycles. The lowest BCUT2D eigenvalue weighted by Crippen LogP contribution is -2.35. The topological polar surface area (TPSA) is 167 Å². The lowest BCUT2D eigenvalue weighted by Gasteiger charge is -2.25. The summed E-state index contributed by atoms with van der Waals surface area (Å²) in [5.74, 6) is -1.84. The van der Waals surface area contributed by atoms with Gasteiger partial charge in [0.05, 0.1) is 31.4 Å². The molecule has 0 spiro atoms. The summed E-state index contributed by atoms with van der Waals surface area (Å²) in [6.07, 6.45) is -0.909. The molecule has 240 valence electrons. The molecule has 0 aliphatic carbocycles. The van der Waals surface area contributed by atoms with Crippen LogP contribution in [0.5, 0.6) is 11.5 Å². The number of sulfone groups is 2. The van der Waals surface area contributed by atoms with E-state index >= 15 is 4.39 Å². The average Bonchev–Trinajstić information content (AvgIpc) is 2.94. The zero-order chi connectivity index (χ0) is 33.5. The highest BCUT2D eigenvalue weighted by Gasteiger charge is 2.27. The van der Waals surface area contributed by atoms with Gasteiger partial charge < -0.3 is 19.9 Å². The van der Waals surface area contributed by atoms with Gasteiger partial charge in [-0.15, -0.1) is 0 Å². The van der Waals surface area contributed by atoms with Gasteiger partial charge in [-0.05, 0) is 63.1 Å². The summed E-state index contributed by atoms with van der Waals surface area (Å²) in [5, 5.41) is -1.79. The number of methoxy groups -OCH3 is 2. The highest BCUT2D eigenvalue weighted by Crippen LogP contribution is 2.21. The summed E-state index contributed by atoms with van der Waals surface area (Å²) in [7, 11) is -4.65. The number of nitrogens with zero attached hydrogens (tertiary/aromatic N) is 3. The van der Waals surface area contributed by atoms with Gasteiger partial charge in [-0.3, -0.25) is 4.90 Å². The molecule has 15 heteroatoms. The first-order chi connectivity index (χ1) is 20.3. The second kappa shape index (κ2) is 14.5. The van der Waals surface area contributed by atoms with Crippen LogP contribution in [0.1, 0.15) is 38.8 Å². The number of rotatable bonds is 9. The van der Waals surface area contributed by atoms with Gasteiger partial charge in [-0.25, -0.2) is 26.6 Å². The van der Waals surface area contributed by atoms with Crippen molar-refractivity contribution in [3.8, 4) is 11.5 Å². The number of amidine groups is 1. The Kier molecular flexibility index (Phi) is 11.8. The van der Waals surface area contributed by atoms with E-state index in [1.807, 2.05) is 0 Å². The molecular formula is C29H37FN4O8S2. The first-order valence-electron chi connectivity index (χ1n) is 13.0. The van der Waals surface area contributed by atoms with Gasteiger partial charge in [0.2, 0.25) is 15.8 Å². The van der Waals surface area contributed by atoms with E-state index in [-0.39, 0.29) is 11.3 Å². The third-order valence-electron chi connectivity index (χ3n) is 5.81. The summed E-state index contributed by atoms with van der Waals surface area (Å²) in [6, 6.07) is 12.1. The molecule has 0 bridgehead atoms. The number of benzene rings is 2. The van der Waals surface area contributed by atoms with Crippen molar-refractivity contribution in [2.75, 3.05) is 21.3 Å². The van der Waals surface area contributed by atoms with Crippen LogP contribution in [0.15, 0.2) is 82.4 Å². The molecule has 0 saturated heterocycles. The second-order valence-electron chi connectivity index (χ2n) is 10.4. The predicted molar refractivity (Wildman–Crippen MR) is 167 cm³/mol. The number of hydrogen-bond acceptors (Lipinski definition) is 10. The maximum atomic E-state index is 15.4. The van der Waals surface area contributed by atoms with Crippen molar-refractivity contribution >= 4 is 36.0 Å². The summed E-state index contributed by atoms with van der Waals surface area (Å²) >= 11 is 0. The maximum Gasteiger partial charge on any atom is 0.414 e. The Hall–Kier alpha value is -4.24. The maximum absolute atomic E-state index is 15.4. The Morgan fingerprint density at radius 2 is 1.32 bits per heavy atom. The van der Waals surface area contributed by atoms with Crippen molar-refractivity contribution in [1.29, 1.82) is 0 Å². The predicted octanol–water partition coefficient (Wildman–Crippen LogP) is 4.49. The van der Waals surface area contributed by atoms with Crippen molar-refractivity contribution in [3.05, 3.63) is 83.6 Å². The van der Waals surface area contributed by atoms with Crippen LogP contribution in [0.4, 0.5) is 9.18 Å². The molecule has 2 aromatic rings. The number of hydrogen-bond donors (Lipinski definition) is 1. The van der Waals surface area contributed by atoms with Crippen LogP contribution in [0.3, 0.4) is 0 Å². The molecular weight excluding hydrogens is 615 g/mol. The molecule has 0 aromatic heterocycles. The quantitative estimate of drug-likeness (QED) is 0.178. The van der Waals surface area contributed by atoms with Gasteiger partial charge in [0.25, 0.3) is 5.17 Å². The summed E-state index contributed by atoms with van der Waals surface area (Å²) in [4.78, 5) is 20.5. The zero-order valence-corrected chi connectivity index (χ0v) is 27.3. The van der Waals surface area contributed by atoms with E-state index in [1.165, 1.54) is 57.7 Å². The molecule has 0 aliphatic rings. The summed E-state index contributed by atoms with van der Waals surface area (Å²) in [6.45, 7) is 9.50. The number of ether oxygens (including phenoxy) is 3. The Morgan fingerprint density at radius 1 is 0.886 bits per heavy atom. The summed E-state index contributed by atoms with van der Waals surface area (Å²) in [5.41, 5.74) is 4.41. The van der Waals surface area contributed by atoms with Gasteiger partial charge in [0.15, 0.2) is 9.84 Å². The highest BCUT2D eigenvalue weighted by molar-refractivity contribution is 8.07. The molecule has 0 unspecified atom stereocenters. The Morgan fingerprint density at radius 3 is 1.73 bits per heavy atom. The fourth-order valence-corrected chi connectivity index (χ4v) is 5.68. The molecule has 1 amide bonds. The van der Waals surface area contributed by atoms with E-state index in [1.54, 1.807) is 32.9 Å². The molecule has 2 N–H and O–H groups in total. The minimum absolute atomic E-state index is 0.263. The average molecular weight is 653 g/mol. The largest absolute Gasteiger partial charge is 0.497 e. The Bertz CT molecular complexity index is 1680. The molecule has 0 fully saturated rings. The zero-order valence-electron chi connectivity index (χ0n) is 25.6. The molecule has 0 atom stereocenters. The fourth-order valence-electron chi connectivity index (χ4n) is 3.30. The fraction of sp³-hybridized carbons (Fsp3) is 0.345. The van der Waals surface area contributed by atoms with Gasteiger partial charge in [-0.1, -0.05) is 30.8 Å². The van der Waals surface area contributed by atoms with Crippen LogP contribution in [0.25, 0.3) is 0 Å². The van der Waals surface area contributed by atoms with Gasteiger partial charge in [-0.2, -0.15) is 9.38 Å². The molecule has 0 radical (unpaired) electrons. The van der Waals surface area contributed by atoms with E-state index in [0.29, 0.717) is 17.1 Å². The van der Waals surface area contributed by atoms with Crippen molar-refractivity contribution < 1.29 is 40.2 Å². The summed E-state index contributed by atoms with van der Waals surface area (Å²) < 4.78 is 83.9. The van der Waals surface area contributed by atoms with Crippen molar-refractivity contribution in [3.63, 3.8) is 0 Å². The molecule has 12 nitrogen and oxygen atoms in total. The van der Waals surface area contributed by atoms with Crippen molar-refractivity contribution in [2.45, 2.75) is 44.8 Å². The third-order valence-corrected chi connectivity index (χ3v) is 8.97. The van der Waals surface area contributed by atoms with Crippen LogP contribution in [-0.2, 0) is 35.9 Å². The standard InChI is InChI=1S/C29H37FN4O8S2/c1-19(34(6)28(35)42-29(3,4)5)25(31)26(30)33-27(44(38,39)18-22-11-15-24(41-8)16-12-22)32-20(2)43(36,37)17-21-9-13-23(40-7)14-10-21/h9-16H,1,17-18,31H2,2-8H3/b26-25-,32-20?,33-27?. The normalized spacial score (nSPS) is 13.5. The van der Waals surface area contributed by atoms with Crippen molar-refractivity contribution in [2.24, 2.45) is 15.7 Å². The van der Waals surface area contributed by atoms with E-state index in [9.17, 15) is 21.6 Å². The van der Waals surface area contributed by atoms with Crippen LogP contribution < -0.4 is 15.2 Å². The van der Waals surface area contributed by atoms with E-state index in [2.05, 4.69) is 16.6 Å². The van der Waals surface area contributed by atoms with Crippen LogP contribution >= 0.6 is 0 Å². The Labute approximate surface area is 257 Å². The number of amides is 1. The smallest absolute Gasteiger partial charge is 0.414 e. The molecule has 44 heavy (non-hydrogen) atoms. The van der Waals surface area contributed by atoms with Gasteiger partial charge >= 0.3 is 6.09 Å². The van der Waals surface area contributed by atoms with Gasteiger partial charge in [0.1, 0.15) is 27.8 Å². The highest BCUT2D eigenvalue weighted by atomic mass is 32.2. The molecule has 0 aliphatic heterocycles. The van der Waals surface area contributed by atoms with Crippen LogP contribution in [-0.4, -0.2) is 64.9 Å². The monoisotopic (exact) mass is 652 g/mol. The van der Waals surface area contributed by atoms with Crippen LogP contribution in [0, 0.1) is 0 Å². The molecule has 0 saturated carbocycles. The third kappa shape index (κ3) is 10.2. The van der Waals surface area contributed by atoms with E-state index in [4.69, 9.17) is 19.9 Å². The molecule has 2 rings (SSSR count). The Balaban J connectivity index is 2.58. The van der Waals surface area contributed by atoms with E-state index in [0.717, 1.165) is 11.8 Å². The number of aliphatic imine (C=N–C) groups is 2.